The third-order valence-electron chi connectivity index (χ3n) is 2.78. The predicted octanol–water partition coefficient (Wildman–Crippen LogP) is 3.75. The molecule has 0 amide bonds. The zero-order valence-corrected chi connectivity index (χ0v) is 10.0. The Kier molecular flexibility index (Phi) is 2.76. The summed E-state index contributed by atoms with van der Waals surface area (Å²) in [5, 5.41) is 0.834. The largest absolute Gasteiger partial charge is 0.454 e. The number of ether oxygens (including phenoxy) is 1. The second kappa shape index (κ2) is 4.57. The van der Waals surface area contributed by atoms with E-state index in [1.54, 1.807) is 18.3 Å². The summed E-state index contributed by atoms with van der Waals surface area (Å²) >= 11 is 0. The smallest absolute Gasteiger partial charge is 0.167 e. The molecule has 0 aliphatic heterocycles. The molecule has 0 fully saturated rings. The molecular weight excluding hydrogens is 243 g/mol. The molecule has 2 aromatic carbocycles. The SMILES string of the molecule is Nc1ccc(Oc2cccc3ncccc23)c(F)c1. The van der Waals surface area contributed by atoms with Gasteiger partial charge >= 0.3 is 0 Å². The van der Waals surface area contributed by atoms with Crippen LogP contribution in [0.2, 0.25) is 0 Å². The van der Waals surface area contributed by atoms with Crippen molar-refractivity contribution >= 4 is 16.6 Å². The van der Waals surface area contributed by atoms with Crippen molar-refractivity contribution in [1.82, 2.24) is 4.98 Å². The van der Waals surface area contributed by atoms with Crippen molar-refractivity contribution in [3.8, 4) is 11.5 Å². The molecule has 0 atom stereocenters. The second-order valence-corrected chi connectivity index (χ2v) is 4.12. The molecule has 0 aliphatic rings. The first-order chi connectivity index (χ1) is 9.24. The number of pyridine rings is 1. The van der Waals surface area contributed by atoms with E-state index in [0.717, 1.165) is 10.9 Å². The number of anilines is 1. The normalized spacial score (nSPS) is 10.6. The fourth-order valence-electron chi connectivity index (χ4n) is 1.88. The van der Waals surface area contributed by atoms with E-state index < -0.39 is 5.82 Å². The lowest BCUT2D eigenvalue weighted by Gasteiger charge is -2.09. The molecule has 0 spiro atoms. The zero-order valence-electron chi connectivity index (χ0n) is 10.0. The van der Waals surface area contributed by atoms with Crippen LogP contribution < -0.4 is 10.5 Å². The van der Waals surface area contributed by atoms with Crippen LogP contribution in [-0.2, 0) is 0 Å². The molecule has 1 heterocycles. The van der Waals surface area contributed by atoms with Crippen LogP contribution >= 0.6 is 0 Å². The Hall–Kier alpha value is -2.62. The van der Waals surface area contributed by atoms with Crippen molar-refractivity contribution in [1.29, 1.82) is 0 Å². The van der Waals surface area contributed by atoms with Gasteiger partial charge in [-0.3, -0.25) is 4.98 Å². The minimum Gasteiger partial charge on any atom is -0.454 e. The van der Waals surface area contributed by atoms with Gasteiger partial charge < -0.3 is 10.5 Å². The molecule has 0 aliphatic carbocycles. The summed E-state index contributed by atoms with van der Waals surface area (Å²) < 4.78 is 19.3. The zero-order chi connectivity index (χ0) is 13.2. The van der Waals surface area contributed by atoms with E-state index in [0.29, 0.717) is 11.4 Å². The minimum atomic E-state index is -0.485. The number of nitrogens with zero attached hydrogens (tertiary/aromatic N) is 1. The molecule has 1 aromatic heterocycles. The lowest BCUT2D eigenvalue weighted by molar-refractivity contribution is 0.447. The second-order valence-electron chi connectivity index (χ2n) is 4.12. The number of fused-ring (bicyclic) bond motifs is 1. The summed E-state index contributed by atoms with van der Waals surface area (Å²) in [6, 6.07) is 13.5. The van der Waals surface area contributed by atoms with Crippen LogP contribution in [0.15, 0.2) is 54.7 Å². The van der Waals surface area contributed by atoms with Crippen molar-refractivity contribution in [3.05, 3.63) is 60.5 Å². The molecule has 0 radical (unpaired) electrons. The Bertz CT molecular complexity index is 738. The van der Waals surface area contributed by atoms with E-state index in [9.17, 15) is 4.39 Å². The maximum atomic E-state index is 13.7. The molecule has 3 aromatic rings. The third kappa shape index (κ3) is 2.20. The summed E-state index contributed by atoms with van der Waals surface area (Å²) in [6.45, 7) is 0. The molecule has 2 N–H and O–H groups in total. The summed E-state index contributed by atoms with van der Waals surface area (Å²) in [5.41, 5.74) is 6.67. The van der Waals surface area contributed by atoms with Gasteiger partial charge in [0.1, 0.15) is 5.75 Å². The van der Waals surface area contributed by atoms with Crippen LogP contribution in [0, 0.1) is 5.82 Å². The maximum absolute atomic E-state index is 13.7. The van der Waals surface area contributed by atoms with Crippen molar-refractivity contribution in [2.75, 3.05) is 5.73 Å². The fourth-order valence-corrected chi connectivity index (χ4v) is 1.88. The van der Waals surface area contributed by atoms with Gasteiger partial charge in [0.25, 0.3) is 0 Å². The van der Waals surface area contributed by atoms with Crippen LogP contribution in [0.3, 0.4) is 0 Å². The quantitative estimate of drug-likeness (QED) is 0.708. The van der Waals surface area contributed by atoms with Gasteiger partial charge in [0.2, 0.25) is 0 Å². The number of nitrogen functional groups attached to an aromatic ring is 1. The van der Waals surface area contributed by atoms with Crippen LogP contribution in [0.5, 0.6) is 11.5 Å². The Morgan fingerprint density at radius 3 is 2.74 bits per heavy atom. The molecule has 94 valence electrons. The molecule has 0 unspecified atom stereocenters. The molecular formula is C15H11FN2O. The first-order valence-electron chi connectivity index (χ1n) is 5.81. The monoisotopic (exact) mass is 254 g/mol. The van der Waals surface area contributed by atoms with E-state index in [1.165, 1.54) is 12.1 Å². The van der Waals surface area contributed by atoms with Gasteiger partial charge in [0, 0.05) is 23.3 Å². The van der Waals surface area contributed by atoms with Crippen molar-refractivity contribution in [2.45, 2.75) is 0 Å². The van der Waals surface area contributed by atoms with E-state index in [-0.39, 0.29) is 5.75 Å². The number of nitrogens with two attached hydrogens (primary N) is 1. The average Bonchev–Trinajstić information content (AvgIpc) is 2.42. The standard InChI is InChI=1S/C15H11FN2O/c16-12-9-10(17)6-7-15(12)19-14-5-1-4-13-11(14)3-2-8-18-13/h1-9H,17H2. The highest BCUT2D eigenvalue weighted by Crippen LogP contribution is 2.30. The van der Waals surface area contributed by atoms with Gasteiger partial charge in [-0.2, -0.15) is 0 Å². The molecule has 19 heavy (non-hydrogen) atoms. The topological polar surface area (TPSA) is 48.1 Å². The fraction of sp³-hybridized carbons (Fsp3) is 0. The third-order valence-corrected chi connectivity index (χ3v) is 2.78. The molecule has 0 saturated heterocycles. The number of rotatable bonds is 2. The van der Waals surface area contributed by atoms with Crippen LogP contribution in [0.4, 0.5) is 10.1 Å². The van der Waals surface area contributed by atoms with Gasteiger partial charge in [-0.05, 0) is 36.4 Å². The van der Waals surface area contributed by atoms with E-state index >= 15 is 0 Å². The summed E-state index contributed by atoms with van der Waals surface area (Å²) in [5.74, 6) is 0.223. The highest BCUT2D eigenvalue weighted by molar-refractivity contribution is 5.85. The first-order valence-corrected chi connectivity index (χ1v) is 5.81. The van der Waals surface area contributed by atoms with Gasteiger partial charge in [0.05, 0.1) is 5.52 Å². The highest BCUT2D eigenvalue weighted by atomic mass is 19.1. The van der Waals surface area contributed by atoms with E-state index in [1.807, 2.05) is 24.3 Å². The van der Waals surface area contributed by atoms with Crippen molar-refractivity contribution < 1.29 is 9.13 Å². The van der Waals surface area contributed by atoms with Crippen LogP contribution in [-0.4, -0.2) is 4.98 Å². The average molecular weight is 254 g/mol. The molecule has 4 heteroatoms. The Morgan fingerprint density at radius 2 is 1.89 bits per heavy atom. The number of halogens is 1. The van der Waals surface area contributed by atoms with Crippen molar-refractivity contribution in [2.24, 2.45) is 0 Å². The highest BCUT2D eigenvalue weighted by Gasteiger charge is 2.08. The van der Waals surface area contributed by atoms with Gasteiger partial charge in [-0.15, -0.1) is 0 Å². The van der Waals surface area contributed by atoms with Gasteiger partial charge in [-0.1, -0.05) is 6.07 Å². The Labute approximate surface area is 109 Å². The molecule has 3 rings (SSSR count). The number of aromatic nitrogens is 1. The summed E-state index contributed by atoms with van der Waals surface area (Å²) in [7, 11) is 0. The van der Waals surface area contributed by atoms with Crippen LogP contribution in [0.1, 0.15) is 0 Å². The Balaban J connectivity index is 2.06. The summed E-state index contributed by atoms with van der Waals surface area (Å²) in [4.78, 5) is 4.23. The number of hydrogen-bond donors (Lipinski definition) is 1. The first kappa shape index (κ1) is 11.5. The lowest BCUT2D eigenvalue weighted by atomic mass is 10.2. The molecule has 3 nitrogen and oxygen atoms in total. The van der Waals surface area contributed by atoms with E-state index in [2.05, 4.69) is 4.98 Å². The molecule has 0 bridgehead atoms. The lowest BCUT2D eigenvalue weighted by Crippen LogP contribution is -1.92. The van der Waals surface area contributed by atoms with E-state index in [4.69, 9.17) is 10.5 Å². The maximum Gasteiger partial charge on any atom is 0.167 e. The number of hydrogen-bond acceptors (Lipinski definition) is 3. The molecule has 0 saturated carbocycles. The summed E-state index contributed by atoms with van der Waals surface area (Å²) in [6.07, 6.45) is 1.70. The number of benzene rings is 2. The van der Waals surface area contributed by atoms with Gasteiger partial charge in [0.15, 0.2) is 11.6 Å². The Morgan fingerprint density at radius 1 is 1.00 bits per heavy atom. The predicted molar refractivity (Wildman–Crippen MR) is 72.6 cm³/mol. The minimum absolute atomic E-state index is 0.144. The van der Waals surface area contributed by atoms with Crippen molar-refractivity contribution in [3.63, 3.8) is 0 Å². The van der Waals surface area contributed by atoms with Gasteiger partial charge in [-0.25, -0.2) is 4.39 Å². The van der Waals surface area contributed by atoms with Crippen LogP contribution in [0.25, 0.3) is 10.9 Å².